The normalized spacial score (nSPS) is 9.36. The maximum absolute atomic E-state index is 11.6. The van der Waals surface area contributed by atoms with Crippen LogP contribution in [0.25, 0.3) is 0 Å². The monoisotopic (exact) mass is 317 g/mol. The summed E-state index contributed by atoms with van der Waals surface area (Å²) in [7, 11) is 0. The number of aryl methyl sites for hydroxylation is 1. The van der Waals surface area contributed by atoms with Crippen molar-refractivity contribution in [3.8, 4) is 11.8 Å². The quantitative estimate of drug-likeness (QED) is 0.769. The number of hydrogen-bond donors (Lipinski definition) is 0. The van der Waals surface area contributed by atoms with Gasteiger partial charge in [0.2, 0.25) is 0 Å². The zero-order chi connectivity index (χ0) is 10.6. The molecule has 0 atom stereocenters. The van der Waals surface area contributed by atoms with Gasteiger partial charge >= 0.3 is 0 Å². The van der Waals surface area contributed by atoms with E-state index in [1.54, 1.807) is 23.8 Å². The van der Waals surface area contributed by atoms with Crippen LogP contribution >= 0.6 is 31.9 Å². The zero-order valence-corrected chi connectivity index (χ0v) is 10.9. The van der Waals surface area contributed by atoms with Gasteiger partial charge in [0.05, 0.1) is 4.47 Å². The van der Waals surface area contributed by atoms with Crippen LogP contribution in [-0.2, 0) is 6.54 Å². The average molecular weight is 319 g/mol. The second kappa shape index (κ2) is 5.38. The van der Waals surface area contributed by atoms with Gasteiger partial charge < -0.3 is 4.57 Å². The SMILES string of the molecule is CC#CCCn1cc(Br)cc(Br)c1=O. The van der Waals surface area contributed by atoms with Crippen LogP contribution in [0.4, 0.5) is 0 Å². The first-order valence-corrected chi connectivity index (χ1v) is 5.69. The van der Waals surface area contributed by atoms with E-state index in [2.05, 4.69) is 43.7 Å². The minimum absolute atomic E-state index is 0.0221. The molecule has 0 aliphatic rings. The number of hydrogen-bond acceptors (Lipinski definition) is 1. The Morgan fingerprint density at radius 1 is 1.50 bits per heavy atom. The van der Waals surface area contributed by atoms with E-state index in [-0.39, 0.29) is 5.56 Å². The van der Waals surface area contributed by atoms with Crippen LogP contribution in [0.5, 0.6) is 0 Å². The molecule has 0 radical (unpaired) electrons. The summed E-state index contributed by atoms with van der Waals surface area (Å²) in [5.74, 6) is 5.72. The lowest BCUT2D eigenvalue weighted by Crippen LogP contribution is -2.19. The third kappa shape index (κ3) is 3.00. The van der Waals surface area contributed by atoms with E-state index in [4.69, 9.17) is 0 Å². The highest BCUT2D eigenvalue weighted by Crippen LogP contribution is 2.12. The van der Waals surface area contributed by atoms with Gasteiger partial charge in [-0.3, -0.25) is 4.79 Å². The van der Waals surface area contributed by atoms with E-state index in [1.807, 2.05) is 0 Å². The summed E-state index contributed by atoms with van der Waals surface area (Å²) in [5, 5.41) is 0. The summed E-state index contributed by atoms with van der Waals surface area (Å²) in [4.78, 5) is 11.6. The van der Waals surface area contributed by atoms with Gasteiger partial charge in [-0.2, -0.15) is 0 Å². The van der Waals surface area contributed by atoms with Crippen LogP contribution < -0.4 is 5.56 Å². The Bertz CT molecular complexity index is 440. The smallest absolute Gasteiger partial charge is 0.264 e. The van der Waals surface area contributed by atoms with Gasteiger partial charge in [-0.1, -0.05) is 0 Å². The molecular formula is C10H9Br2NO. The van der Waals surface area contributed by atoms with E-state index in [0.29, 0.717) is 17.4 Å². The largest absolute Gasteiger partial charge is 0.312 e. The number of halogens is 2. The predicted molar refractivity (Wildman–Crippen MR) is 64.2 cm³/mol. The van der Waals surface area contributed by atoms with Crippen molar-refractivity contribution in [1.29, 1.82) is 0 Å². The number of nitrogens with zero attached hydrogens (tertiary/aromatic N) is 1. The Balaban J connectivity index is 2.95. The number of rotatable bonds is 2. The molecule has 1 aromatic heterocycles. The molecule has 14 heavy (non-hydrogen) atoms. The number of pyridine rings is 1. The van der Waals surface area contributed by atoms with Gasteiger partial charge in [0.15, 0.2) is 0 Å². The van der Waals surface area contributed by atoms with Gasteiger partial charge in [-0.05, 0) is 44.8 Å². The summed E-state index contributed by atoms with van der Waals surface area (Å²) in [6.45, 7) is 2.41. The van der Waals surface area contributed by atoms with Crippen LogP contribution in [0.3, 0.4) is 0 Å². The van der Waals surface area contributed by atoms with E-state index in [1.165, 1.54) is 0 Å². The fourth-order valence-corrected chi connectivity index (χ4v) is 2.29. The second-order valence-electron chi connectivity index (χ2n) is 2.68. The topological polar surface area (TPSA) is 22.0 Å². The Kier molecular flexibility index (Phi) is 4.43. The number of aromatic nitrogens is 1. The van der Waals surface area contributed by atoms with E-state index in [0.717, 1.165) is 4.47 Å². The highest BCUT2D eigenvalue weighted by Gasteiger charge is 2.01. The molecule has 0 saturated carbocycles. The van der Waals surface area contributed by atoms with Gasteiger partial charge in [0.25, 0.3) is 5.56 Å². The fraction of sp³-hybridized carbons (Fsp3) is 0.300. The molecule has 0 aliphatic heterocycles. The molecule has 0 N–H and O–H groups in total. The molecule has 0 unspecified atom stereocenters. The van der Waals surface area contributed by atoms with Crippen molar-refractivity contribution in [3.05, 3.63) is 31.6 Å². The molecular weight excluding hydrogens is 310 g/mol. The van der Waals surface area contributed by atoms with E-state index < -0.39 is 0 Å². The Morgan fingerprint density at radius 3 is 2.86 bits per heavy atom. The maximum atomic E-state index is 11.6. The molecule has 1 aromatic rings. The predicted octanol–water partition coefficient (Wildman–Crippen LogP) is 2.79. The molecule has 0 fully saturated rings. The van der Waals surface area contributed by atoms with Gasteiger partial charge in [-0.15, -0.1) is 11.8 Å². The summed E-state index contributed by atoms with van der Waals surface area (Å²) in [6, 6.07) is 1.74. The Morgan fingerprint density at radius 2 is 2.21 bits per heavy atom. The molecule has 0 amide bonds. The van der Waals surface area contributed by atoms with Crippen LogP contribution in [-0.4, -0.2) is 4.57 Å². The van der Waals surface area contributed by atoms with Gasteiger partial charge in [-0.25, -0.2) is 0 Å². The molecule has 1 heterocycles. The van der Waals surface area contributed by atoms with Crippen molar-refractivity contribution >= 4 is 31.9 Å². The third-order valence-electron chi connectivity index (χ3n) is 1.66. The third-order valence-corrected chi connectivity index (χ3v) is 2.67. The molecule has 0 aromatic carbocycles. The highest BCUT2D eigenvalue weighted by molar-refractivity contribution is 9.11. The summed E-state index contributed by atoms with van der Waals surface area (Å²) < 4.78 is 3.09. The van der Waals surface area contributed by atoms with E-state index in [9.17, 15) is 4.79 Å². The first-order valence-electron chi connectivity index (χ1n) is 4.10. The minimum Gasteiger partial charge on any atom is -0.312 e. The lowest BCUT2D eigenvalue weighted by atomic mass is 10.4. The Hall–Kier alpha value is -0.530. The highest BCUT2D eigenvalue weighted by atomic mass is 79.9. The van der Waals surface area contributed by atoms with Crippen LogP contribution in [0.15, 0.2) is 26.0 Å². The van der Waals surface area contributed by atoms with Crippen molar-refractivity contribution in [2.24, 2.45) is 0 Å². The standard InChI is InChI=1S/C10H9Br2NO/c1-2-3-4-5-13-7-8(11)6-9(12)10(13)14/h6-7H,4-5H2,1H3. The lowest BCUT2D eigenvalue weighted by molar-refractivity contribution is 0.683. The molecule has 0 bridgehead atoms. The Labute approximate surface area is 99.6 Å². The second-order valence-corrected chi connectivity index (χ2v) is 4.45. The van der Waals surface area contributed by atoms with Crippen molar-refractivity contribution < 1.29 is 0 Å². The first-order chi connectivity index (χ1) is 6.65. The van der Waals surface area contributed by atoms with Crippen molar-refractivity contribution in [2.45, 2.75) is 19.9 Å². The molecule has 4 heteroatoms. The van der Waals surface area contributed by atoms with Crippen LogP contribution in [0, 0.1) is 11.8 Å². The van der Waals surface area contributed by atoms with Crippen molar-refractivity contribution in [2.75, 3.05) is 0 Å². The summed E-state index contributed by atoms with van der Waals surface area (Å²) in [5.41, 5.74) is -0.0221. The molecule has 0 saturated heterocycles. The zero-order valence-electron chi connectivity index (χ0n) is 7.68. The van der Waals surface area contributed by atoms with Gasteiger partial charge in [0.1, 0.15) is 0 Å². The van der Waals surface area contributed by atoms with Crippen molar-refractivity contribution in [1.82, 2.24) is 4.57 Å². The summed E-state index contributed by atoms with van der Waals surface area (Å²) in [6.07, 6.45) is 2.46. The average Bonchev–Trinajstić information content (AvgIpc) is 2.13. The molecule has 74 valence electrons. The lowest BCUT2D eigenvalue weighted by Gasteiger charge is -2.04. The van der Waals surface area contributed by atoms with Crippen LogP contribution in [0.2, 0.25) is 0 Å². The molecule has 0 aliphatic carbocycles. The molecule has 0 spiro atoms. The maximum Gasteiger partial charge on any atom is 0.264 e. The molecule has 2 nitrogen and oxygen atoms in total. The summed E-state index contributed by atoms with van der Waals surface area (Å²) >= 11 is 6.54. The fourth-order valence-electron chi connectivity index (χ4n) is 1.03. The van der Waals surface area contributed by atoms with E-state index >= 15 is 0 Å². The molecule has 1 rings (SSSR count). The van der Waals surface area contributed by atoms with Crippen molar-refractivity contribution in [3.63, 3.8) is 0 Å². The van der Waals surface area contributed by atoms with Gasteiger partial charge in [0, 0.05) is 23.6 Å². The van der Waals surface area contributed by atoms with Crippen LogP contribution in [0.1, 0.15) is 13.3 Å². The minimum atomic E-state index is -0.0221. The first kappa shape index (κ1) is 11.5.